The molecule has 0 unspecified atom stereocenters. The Morgan fingerprint density at radius 1 is 1.04 bits per heavy atom. The van der Waals surface area contributed by atoms with Crippen molar-refractivity contribution in [3.63, 3.8) is 0 Å². The number of hydrogen-bond donors (Lipinski definition) is 1. The summed E-state index contributed by atoms with van der Waals surface area (Å²) in [6.07, 6.45) is 1.55. The lowest BCUT2D eigenvalue weighted by Crippen LogP contribution is -2.24. The molecule has 0 radical (unpaired) electrons. The molecule has 6 heteroatoms. The Balaban J connectivity index is 1.48. The van der Waals surface area contributed by atoms with Gasteiger partial charge < -0.3 is 9.47 Å². The zero-order valence-electron chi connectivity index (χ0n) is 15.3. The molecule has 0 heterocycles. The minimum absolute atomic E-state index is 0.117. The number of carbonyl (C=O) groups is 1. The zero-order chi connectivity index (χ0) is 19.8. The molecule has 0 aliphatic heterocycles. The average molecular weight is 439 g/mol. The molecule has 0 aromatic heterocycles. The molecule has 28 heavy (non-hydrogen) atoms. The van der Waals surface area contributed by atoms with Crippen LogP contribution in [0.5, 0.6) is 11.5 Å². The summed E-state index contributed by atoms with van der Waals surface area (Å²) in [6.45, 7) is -0.117. The number of rotatable bonds is 7. The van der Waals surface area contributed by atoms with E-state index < -0.39 is 0 Å². The molecule has 0 atom stereocenters. The number of carbonyl (C=O) groups excluding carboxylic acids is 1. The third-order valence-corrected chi connectivity index (χ3v) is 4.53. The number of nitrogens with one attached hydrogen (secondary N) is 1. The van der Waals surface area contributed by atoms with E-state index in [1.165, 1.54) is 0 Å². The molecule has 3 aromatic rings. The Morgan fingerprint density at radius 2 is 1.75 bits per heavy atom. The largest absolute Gasteiger partial charge is 0.496 e. The van der Waals surface area contributed by atoms with Crippen LogP contribution in [0.4, 0.5) is 0 Å². The van der Waals surface area contributed by atoms with Gasteiger partial charge in [0, 0.05) is 0 Å². The zero-order valence-corrected chi connectivity index (χ0v) is 16.8. The monoisotopic (exact) mass is 438 g/mol. The van der Waals surface area contributed by atoms with Gasteiger partial charge in [0.15, 0.2) is 6.61 Å². The first-order valence-electron chi connectivity index (χ1n) is 8.59. The fraction of sp³-hybridized carbons (Fsp3) is 0.0909. The quantitative estimate of drug-likeness (QED) is 0.431. The van der Waals surface area contributed by atoms with E-state index in [1.54, 1.807) is 13.3 Å². The van der Waals surface area contributed by atoms with Crippen LogP contribution in [0, 0.1) is 0 Å². The molecule has 0 saturated heterocycles. The topological polar surface area (TPSA) is 59.9 Å². The van der Waals surface area contributed by atoms with Gasteiger partial charge >= 0.3 is 0 Å². The summed E-state index contributed by atoms with van der Waals surface area (Å²) in [4.78, 5) is 11.9. The Bertz CT molecular complexity index is 957. The lowest BCUT2D eigenvalue weighted by molar-refractivity contribution is -0.123. The van der Waals surface area contributed by atoms with E-state index in [4.69, 9.17) is 9.47 Å². The van der Waals surface area contributed by atoms with E-state index in [1.807, 2.05) is 72.8 Å². The predicted molar refractivity (Wildman–Crippen MR) is 114 cm³/mol. The molecule has 0 aliphatic rings. The van der Waals surface area contributed by atoms with Crippen LogP contribution in [-0.4, -0.2) is 25.8 Å². The minimum atomic E-state index is -0.337. The number of methoxy groups -OCH3 is 1. The summed E-state index contributed by atoms with van der Waals surface area (Å²) in [6, 6.07) is 23.2. The normalized spacial score (nSPS) is 10.6. The standard InChI is InChI=1S/C22H19BrN2O3/c1-27-21-12-7-16(13-20(21)23)14-24-25-22(26)15-28-19-10-8-18(9-11-19)17-5-3-2-4-6-17/h2-14H,15H2,1H3,(H,25,26). The summed E-state index contributed by atoms with van der Waals surface area (Å²) in [7, 11) is 1.60. The van der Waals surface area contributed by atoms with Crippen LogP contribution >= 0.6 is 15.9 Å². The van der Waals surface area contributed by atoms with Crippen molar-refractivity contribution in [3.8, 4) is 22.6 Å². The van der Waals surface area contributed by atoms with Crippen molar-refractivity contribution in [1.29, 1.82) is 0 Å². The highest BCUT2D eigenvalue weighted by Gasteiger charge is 2.03. The smallest absolute Gasteiger partial charge is 0.277 e. The first kappa shape index (κ1) is 19.6. The van der Waals surface area contributed by atoms with E-state index >= 15 is 0 Å². The maximum Gasteiger partial charge on any atom is 0.277 e. The summed E-state index contributed by atoms with van der Waals surface area (Å²) >= 11 is 3.40. The van der Waals surface area contributed by atoms with Crippen LogP contribution in [0.3, 0.4) is 0 Å². The lowest BCUT2D eigenvalue weighted by Gasteiger charge is -2.07. The molecule has 1 amide bonds. The number of hydrazone groups is 1. The van der Waals surface area contributed by atoms with Crippen LogP contribution in [-0.2, 0) is 4.79 Å². The number of ether oxygens (including phenoxy) is 2. The minimum Gasteiger partial charge on any atom is -0.496 e. The predicted octanol–water partition coefficient (Wildman–Crippen LogP) is 4.65. The van der Waals surface area contributed by atoms with Crippen LogP contribution in [0.15, 0.2) is 82.4 Å². The number of benzene rings is 3. The van der Waals surface area contributed by atoms with Gasteiger partial charge in [0.05, 0.1) is 17.8 Å². The highest BCUT2D eigenvalue weighted by atomic mass is 79.9. The fourth-order valence-electron chi connectivity index (χ4n) is 2.50. The molecule has 3 rings (SSSR count). The van der Waals surface area contributed by atoms with E-state index in [2.05, 4.69) is 26.5 Å². The van der Waals surface area contributed by atoms with Crippen molar-refractivity contribution in [2.24, 2.45) is 5.10 Å². The number of hydrogen-bond acceptors (Lipinski definition) is 4. The van der Waals surface area contributed by atoms with Crippen molar-refractivity contribution < 1.29 is 14.3 Å². The van der Waals surface area contributed by atoms with Gasteiger partial charge in [-0.1, -0.05) is 42.5 Å². The molecule has 0 saturated carbocycles. The van der Waals surface area contributed by atoms with Gasteiger partial charge in [-0.15, -0.1) is 0 Å². The van der Waals surface area contributed by atoms with Gasteiger partial charge in [-0.2, -0.15) is 5.10 Å². The van der Waals surface area contributed by atoms with Gasteiger partial charge in [-0.25, -0.2) is 5.43 Å². The summed E-state index contributed by atoms with van der Waals surface area (Å²) in [5, 5.41) is 3.94. The number of halogens is 1. The second-order valence-electron chi connectivity index (χ2n) is 5.87. The highest BCUT2D eigenvalue weighted by Crippen LogP contribution is 2.25. The molecule has 5 nitrogen and oxygen atoms in total. The van der Waals surface area contributed by atoms with E-state index in [9.17, 15) is 4.79 Å². The third-order valence-electron chi connectivity index (χ3n) is 3.91. The van der Waals surface area contributed by atoms with Gasteiger partial charge in [0.2, 0.25) is 0 Å². The summed E-state index contributed by atoms with van der Waals surface area (Å²) in [5.74, 6) is 1.02. The molecule has 142 valence electrons. The Morgan fingerprint density at radius 3 is 2.43 bits per heavy atom. The first-order chi connectivity index (χ1) is 13.7. The number of nitrogens with zero attached hydrogens (tertiary/aromatic N) is 1. The van der Waals surface area contributed by atoms with Crippen molar-refractivity contribution in [2.45, 2.75) is 0 Å². The Kier molecular flexibility index (Phi) is 6.81. The van der Waals surface area contributed by atoms with Crippen molar-refractivity contribution in [1.82, 2.24) is 5.43 Å². The molecule has 3 aromatic carbocycles. The van der Waals surface area contributed by atoms with Crippen molar-refractivity contribution in [3.05, 3.63) is 82.8 Å². The van der Waals surface area contributed by atoms with Gasteiger partial charge in [-0.3, -0.25) is 4.79 Å². The molecular formula is C22H19BrN2O3. The maximum atomic E-state index is 11.9. The Hall–Kier alpha value is -3.12. The number of amides is 1. The van der Waals surface area contributed by atoms with Crippen LogP contribution in [0.2, 0.25) is 0 Å². The second kappa shape index (κ2) is 9.71. The molecule has 1 N–H and O–H groups in total. The summed E-state index contributed by atoms with van der Waals surface area (Å²) < 4.78 is 11.5. The lowest BCUT2D eigenvalue weighted by atomic mass is 10.1. The molecule has 0 bridgehead atoms. The van der Waals surface area contributed by atoms with E-state index in [-0.39, 0.29) is 12.5 Å². The summed E-state index contributed by atoms with van der Waals surface area (Å²) in [5.41, 5.74) is 5.49. The van der Waals surface area contributed by atoms with Crippen LogP contribution < -0.4 is 14.9 Å². The van der Waals surface area contributed by atoms with Gasteiger partial charge in [0.1, 0.15) is 11.5 Å². The van der Waals surface area contributed by atoms with Crippen LogP contribution in [0.25, 0.3) is 11.1 Å². The van der Waals surface area contributed by atoms with Crippen molar-refractivity contribution >= 4 is 28.1 Å². The second-order valence-corrected chi connectivity index (χ2v) is 6.72. The Labute approximate surface area is 172 Å². The average Bonchev–Trinajstić information content (AvgIpc) is 2.73. The fourth-order valence-corrected chi connectivity index (χ4v) is 3.06. The van der Waals surface area contributed by atoms with E-state index in [0.717, 1.165) is 26.9 Å². The van der Waals surface area contributed by atoms with Crippen molar-refractivity contribution in [2.75, 3.05) is 13.7 Å². The molecule has 0 aliphatic carbocycles. The third kappa shape index (κ3) is 5.44. The SMILES string of the molecule is COc1ccc(C=NNC(=O)COc2ccc(-c3ccccc3)cc2)cc1Br. The maximum absolute atomic E-state index is 11.9. The highest BCUT2D eigenvalue weighted by molar-refractivity contribution is 9.10. The first-order valence-corrected chi connectivity index (χ1v) is 9.39. The van der Waals surface area contributed by atoms with Gasteiger partial charge in [0.25, 0.3) is 5.91 Å². The van der Waals surface area contributed by atoms with Gasteiger partial charge in [-0.05, 0) is 63.0 Å². The van der Waals surface area contributed by atoms with Crippen LogP contribution in [0.1, 0.15) is 5.56 Å². The van der Waals surface area contributed by atoms with E-state index in [0.29, 0.717) is 5.75 Å². The molecule has 0 spiro atoms. The molecular weight excluding hydrogens is 420 g/mol. The molecule has 0 fully saturated rings.